The molecule has 1 N–H and O–H groups in total. The van der Waals surface area contributed by atoms with Crippen LogP contribution in [0.4, 0.5) is 4.79 Å². The van der Waals surface area contributed by atoms with Crippen LogP contribution in [0.25, 0.3) is 33.1 Å². The normalized spacial score (nSPS) is 14.3. The van der Waals surface area contributed by atoms with E-state index in [1.807, 2.05) is 53.1 Å². The lowest BCUT2D eigenvalue weighted by molar-refractivity contribution is -0.125. The molecule has 1 aliphatic rings. The molecule has 4 aromatic rings. The molecule has 0 atom stereocenters. The summed E-state index contributed by atoms with van der Waals surface area (Å²) in [6, 6.07) is 15.7. The third kappa shape index (κ3) is 3.61. The van der Waals surface area contributed by atoms with E-state index in [1.165, 1.54) is 4.90 Å². The molecule has 0 aliphatic carbocycles. The number of aromatic nitrogens is 3. The number of carbonyl (C=O) groups excluding carboxylic acids is 3. The van der Waals surface area contributed by atoms with E-state index in [2.05, 4.69) is 5.32 Å². The Bertz CT molecular complexity index is 1330. The number of nitrogens with zero attached hydrogens (tertiary/aromatic N) is 4. The lowest BCUT2D eigenvalue weighted by atomic mass is 10.2. The standard InChI is InChI=1S/C22H19N5O3S/c28-18(23-10-12-27-19(29)13-31-22(27)30)9-11-26-17-8-4-1-5-14(17)20-21(26)25-16-7-3-2-6-15(16)24-20/h1-8H,9-13H2,(H,23,28). The van der Waals surface area contributed by atoms with Crippen LogP contribution in [0.1, 0.15) is 6.42 Å². The molecule has 156 valence electrons. The first kappa shape index (κ1) is 19.5. The van der Waals surface area contributed by atoms with Gasteiger partial charge in [-0.3, -0.25) is 19.3 Å². The van der Waals surface area contributed by atoms with Crippen molar-refractivity contribution in [2.75, 3.05) is 18.8 Å². The molecule has 3 amide bonds. The van der Waals surface area contributed by atoms with Gasteiger partial charge in [-0.2, -0.15) is 0 Å². The van der Waals surface area contributed by atoms with Gasteiger partial charge < -0.3 is 9.88 Å². The van der Waals surface area contributed by atoms with Crippen molar-refractivity contribution in [2.24, 2.45) is 0 Å². The van der Waals surface area contributed by atoms with E-state index in [9.17, 15) is 14.4 Å². The molecule has 3 heterocycles. The van der Waals surface area contributed by atoms with Gasteiger partial charge in [0.15, 0.2) is 5.65 Å². The number of para-hydroxylation sites is 3. The van der Waals surface area contributed by atoms with Gasteiger partial charge in [-0.1, -0.05) is 42.1 Å². The molecule has 0 unspecified atom stereocenters. The molecule has 1 aliphatic heterocycles. The lowest BCUT2D eigenvalue weighted by Crippen LogP contribution is -2.37. The summed E-state index contributed by atoms with van der Waals surface area (Å²) < 4.78 is 2.02. The summed E-state index contributed by atoms with van der Waals surface area (Å²) in [6.07, 6.45) is 0.249. The van der Waals surface area contributed by atoms with Gasteiger partial charge in [-0.05, 0) is 18.2 Å². The highest BCUT2D eigenvalue weighted by Gasteiger charge is 2.29. The molecular formula is C22H19N5O3S. The quantitative estimate of drug-likeness (QED) is 0.502. The van der Waals surface area contributed by atoms with E-state index in [1.54, 1.807) is 0 Å². The minimum Gasteiger partial charge on any atom is -0.354 e. The largest absolute Gasteiger partial charge is 0.354 e. The van der Waals surface area contributed by atoms with Crippen LogP contribution >= 0.6 is 11.8 Å². The fourth-order valence-corrected chi connectivity index (χ4v) is 4.57. The Morgan fingerprint density at radius 2 is 1.74 bits per heavy atom. The van der Waals surface area contributed by atoms with Crippen molar-refractivity contribution in [3.8, 4) is 0 Å². The van der Waals surface area contributed by atoms with E-state index in [4.69, 9.17) is 9.97 Å². The highest BCUT2D eigenvalue weighted by Crippen LogP contribution is 2.28. The number of thioether (sulfide) groups is 1. The molecule has 31 heavy (non-hydrogen) atoms. The zero-order chi connectivity index (χ0) is 21.4. The van der Waals surface area contributed by atoms with Gasteiger partial charge in [0.05, 0.1) is 22.3 Å². The third-order valence-electron chi connectivity index (χ3n) is 5.32. The van der Waals surface area contributed by atoms with Crippen molar-refractivity contribution in [1.29, 1.82) is 0 Å². The van der Waals surface area contributed by atoms with Crippen LogP contribution in [-0.4, -0.2) is 55.3 Å². The number of hydrogen-bond donors (Lipinski definition) is 1. The average molecular weight is 433 g/mol. The Balaban J connectivity index is 1.34. The van der Waals surface area contributed by atoms with E-state index in [0.717, 1.165) is 44.9 Å². The average Bonchev–Trinajstić information content (AvgIpc) is 3.27. The molecule has 2 aromatic carbocycles. The maximum atomic E-state index is 12.4. The van der Waals surface area contributed by atoms with Crippen LogP contribution in [0, 0.1) is 0 Å². The molecular weight excluding hydrogens is 414 g/mol. The minimum absolute atomic E-state index is 0.147. The number of benzene rings is 2. The minimum atomic E-state index is -0.254. The van der Waals surface area contributed by atoms with Crippen molar-refractivity contribution >= 4 is 61.9 Å². The van der Waals surface area contributed by atoms with Crippen molar-refractivity contribution < 1.29 is 14.4 Å². The van der Waals surface area contributed by atoms with E-state index < -0.39 is 0 Å². The lowest BCUT2D eigenvalue weighted by Gasteiger charge is -2.13. The number of carbonyl (C=O) groups is 3. The summed E-state index contributed by atoms with van der Waals surface area (Å²) >= 11 is 0.992. The summed E-state index contributed by atoms with van der Waals surface area (Å²) in [7, 11) is 0. The van der Waals surface area contributed by atoms with Crippen LogP contribution in [0.15, 0.2) is 48.5 Å². The van der Waals surface area contributed by atoms with Gasteiger partial charge in [0.1, 0.15) is 5.52 Å². The maximum absolute atomic E-state index is 12.4. The van der Waals surface area contributed by atoms with Gasteiger partial charge in [0.2, 0.25) is 11.8 Å². The van der Waals surface area contributed by atoms with Gasteiger partial charge in [0.25, 0.3) is 5.24 Å². The van der Waals surface area contributed by atoms with Crippen molar-refractivity contribution in [3.63, 3.8) is 0 Å². The smallest absolute Gasteiger partial charge is 0.288 e. The Morgan fingerprint density at radius 1 is 1.00 bits per heavy atom. The number of rotatable bonds is 6. The first-order chi connectivity index (χ1) is 15.1. The molecule has 2 aromatic heterocycles. The molecule has 9 heteroatoms. The highest BCUT2D eigenvalue weighted by atomic mass is 32.2. The fraction of sp³-hybridized carbons (Fsp3) is 0.227. The number of amides is 3. The number of hydrogen-bond acceptors (Lipinski definition) is 6. The van der Waals surface area contributed by atoms with Crippen LogP contribution < -0.4 is 5.32 Å². The van der Waals surface area contributed by atoms with Gasteiger partial charge in [-0.15, -0.1) is 0 Å². The van der Waals surface area contributed by atoms with Crippen molar-refractivity contribution in [2.45, 2.75) is 13.0 Å². The SMILES string of the molecule is O=C(CCn1c2ccccc2c2nc3ccccc3nc21)NCCN1C(=O)CSC1=O. The van der Waals surface area contributed by atoms with Crippen LogP contribution in [0.2, 0.25) is 0 Å². The van der Waals surface area contributed by atoms with Gasteiger partial charge in [0, 0.05) is 31.4 Å². The molecule has 8 nitrogen and oxygen atoms in total. The number of aryl methyl sites for hydroxylation is 1. The summed E-state index contributed by atoms with van der Waals surface area (Å²) in [5.74, 6) is -0.178. The topological polar surface area (TPSA) is 97.2 Å². The predicted octanol–water partition coefficient (Wildman–Crippen LogP) is 2.94. The van der Waals surface area contributed by atoms with Gasteiger partial charge >= 0.3 is 0 Å². The second kappa shape index (κ2) is 7.99. The molecule has 0 saturated carbocycles. The predicted molar refractivity (Wildman–Crippen MR) is 120 cm³/mol. The summed E-state index contributed by atoms with van der Waals surface area (Å²) in [4.78, 5) is 46.5. The second-order valence-electron chi connectivity index (χ2n) is 7.25. The van der Waals surface area contributed by atoms with E-state index >= 15 is 0 Å². The maximum Gasteiger partial charge on any atom is 0.288 e. The van der Waals surface area contributed by atoms with Crippen molar-refractivity contribution in [1.82, 2.24) is 24.8 Å². The van der Waals surface area contributed by atoms with Crippen LogP contribution in [-0.2, 0) is 16.1 Å². The zero-order valence-electron chi connectivity index (χ0n) is 16.6. The van der Waals surface area contributed by atoms with Crippen LogP contribution in [0.3, 0.4) is 0 Å². The third-order valence-corrected chi connectivity index (χ3v) is 6.18. The first-order valence-electron chi connectivity index (χ1n) is 9.99. The van der Waals surface area contributed by atoms with E-state index in [-0.39, 0.29) is 42.3 Å². The molecule has 0 radical (unpaired) electrons. The summed E-state index contributed by atoms with van der Waals surface area (Å²) in [6.45, 7) is 0.887. The molecule has 1 saturated heterocycles. The first-order valence-corrected chi connectivity index (χ1v) is 11.0. The number of fused-ring (bicyclic) bond motifs is 4. The zero-order valence-corrected chi connectivity index (χ0v) is 17.4. The fourth-order valence-electron chi connectivity index (χ4n) is 3.82. The molecule has 5 rings (SSSR count). The van der Waals surface area contributed by atoms with Gasteiger partial charge in [-0.25, -0.2) is 9.97 Å². The Labute approximate surface area is 181 Å². The molecule has 0 spiro atoms. The molecule has 1 fully saturated rings. The monoisotopic (exact) mass is 433 g/mol. The van der Waals surface area contributed by atoms with Crippen molar-refractivity contribution in [3.05, 3.63) is 48.5 Å². The Hall–Kier alpha value is -3.46. The summed E-state index contributed by atoms with van der Waals surface area (Å²) in [5, 5.41) is 3.54. The highest BCUT2D eigenvalue weighted by molar-refractivity contribution is 8.14. The number of nitrogens with one attached hydrogen (secondary N) is 1. The van der Waals surface area contributed by atoms with E-state index in [0.29, 0.717) is 6.54 Å². The number of imide groups is 1. The second-order valence-corrected chi connectivity index (χ2v) is 8.18. The Kier molecular flexibility index (Phi) is 5.03. The van der Waals surface area contributed by atoms with Crippen LogP contribution in [0.5, 0.6) is 0 Å². The Morgan fingerprint density at radius 3 is 2.52 bits per heavy atom. The summed E-state index contributed by atoms with van der Waals surface area (Å²) in [5.41, 5.74) is 4.18. The molecule has 0 bridgehead atoms.